The number of nitrogens with zero attached hydrogens (tertiary/aromatic N) is 4. The van der Waals surface area contributed by atoms with Crippen LogP contribution in [0.3, 0.4) is 0 Å². The SMILES string of the molecule is CN1CC=CN1CC(C)(C)NCC(=O)N1CCC[C@H]1C#N. The van der Waals surface area contributed by atoms with Gasteiger partial charge in [0.25, 0.3) is 0 Å². The van der Waals surface area contributed by atoms with E-state index in [1.807, 2.05) is 7.05 Å². The van der Waals surface area contributed by atoms with Crippen molar-refractivity contribution in [3.05, 3.63) is 12.3 Å². The molecule has 1 atom stereocenters. The molecule has 2 heterocycles. The normalized spacial score (nSPS) is 22.9. The molecule has 0 saturated carbocycles. The number of hydrogen-bond acceptors (Lipinski definition) is 5. The maximum absolute atomic E-state index is 12.2. The van der Waals surface area contributed by atoms with E-state index in [1.54, 1.807) is 4.90 Å². The molecule has 1 saturated heterocycles. The molecule has 0 radical (unpaired) electrons. The summed E-state index contributed by atoms with van der Waals surface area (Å²) < 4.78 is 0. The third kappa shape index (κ3) is 3.96. The van der Waals surface area contributed by atoms with Crippen LogP contribution in [-0.4, -0.2) is 65.6 Å². The third-order valence-electron chi connectivity index (χ3n) is 4.08. The Hall–Kier alpha value is -1.58. The summed E-state index contributed by atoms with van der Waals surface area (Å²) in [4.78, 5) is 13.9. The number of carbonyl (C=O) groups is 1. The van der Waals surface area contributed by atoms with Crippen molar-refractivity contribution in [2.45, 2.75) is 38.3 Å². The first-order chi connectivity index (χ1) is 9.93. The molecule has 2 aliphatic rings. The lowest BCUT2D eigenvalue weighted by molar-refractivity contribution is -0.130. The zero-order valence-corrected chi connectivity index (χ0v) is 13.2. The topological polar surface area (TPSA) is 62.6 Å². The summed E-state index contributed by atoms with van der Waals surface area (Å²) in [6, 6.07) is 1.97. The molecule has 6 nitrogen and oxygen atoms in total. The van der Waals surface area contributed by atoms with Crippen molar-refractivity contribution in [2.75, 3.05) is 33.2 Å². The van der Waals surface area contributed by atoms with Crippen LogP contribution in [-0.2, 0) is 4.79 Å². The summed E-state index contributed by atoms with van der Waals surface area (Å²) in [5.74, 6) is 0.0254. The lowest BCUT2D eigenvalue weighted by Crippen LogP contribution is -2.53. The molecule has 1 N–H and O–H groups in total. The van der Waals surface area contributed by atoms with Crippen LogP contribution in [0.25, 0.3) is 0 Å². The average molecular weight is 291 g/mol. The standard InChI is InChI=1S/C15H25N5O/c1-15(2,12-19-8-5-7-18(19)3)17-11-14(21)20-9-4-6-13(20)10-16/h5,8,13,17H,4,6-7,9,11-12H2,1-3H3/t13-/m0/s1. The van der Waals surface area contributed by atoms with Crippen molar-refractivity contribution < 1.29 is 4.79 Å². The van der Waals surface area contributed by atoms with Crippen molar-refractivity contribution in [2.24, 2.45) is 0 Å². The smallest absolute Gasteiger partial charge is 0.237 e. The second kappa shape index (κ2) is 6.46. The largest absolute Gasteiger partial charge is 0.326 e. The molecule has 0 aromatic rings. The van der Waals surface area contributed by atoms with Crippen LogP contribution >= 0.6 is 0 Å². The van der Waals surface area contributed by atoms with E-state index in [9.17, 15) is 4.79 Å². The average Bonchev–Trinajstić information content (AvgIpc) is 3.05. The van der Waals surface area contributed by atoms with Crippen LogP contribution in [0.4, 0.5) is 0 Å². The second-order valence-corrected chi connectivity index (χ2v) is 6.43. The molecule has 0 spiro atoms. The fourth-order valence-electron chi connectivity index (χ4n) is 2.79. The van der Waals surface area contributed by atoms with Gasteiger partial charge in [0, 0.05) is 31.9 Å². The van der Waals surface area contributed by atoms with E-state index >= 15 is 0 Å². The van der Waals surface area contributed by atoms with E-state index in [0.717, 1.165) is 25.9 Å². The highest BCUT2D eigenvalue weighted by molar-refractivity contribution is 5.79. The molecular weight excluding hydrogens is 266 g/mol. The van der Waals surface area contributed by atoms with Crippen LogP contribution in [0.15, 0.2) is 12.3 Å². The molecule has 0 bridgehead atoms. The van der Waals surface area contributed by atoms with Gasteiger partial charge in [0.15, 0.2) is 0 Å². The Morgan fingerprint density at radius 2 is 2.29 bits per heavy atom. The zero-order valence-electron chi connectivity index (χ0n) is 13.2. The summed E-state index contributed by atoms with van der Waals surface area (Å²) in [5, 5.41) is 16.7. The van der Waals surface area contributed by atoms with Crippen LogP contribution < -0.4 is 5.32 Å². The number of hydrogen-bond donors (Lipinski definition) is 1. The van der Waals surface area contributed by atoms with Gasteiger partial charge in [0.2, 0.25) is 5.91 Å². The third-order valence-corrected chi connectivity index (χ3v) is 4.08. The van der Waals surface area contributed by atoms with E-state index in [1.165, 1.54) is 0 Å². The molecule has 116 valence electrons. The summed E-state index contributed by atoms with van der Waals surface area (Å²) in [6.07, 6.45) is 5.91. The molecule has 0 unspecified atom stereocenters. The van der Waals surface area contributed by atoms with Crippen LogP contribution in [0.2, 0.25) is 0 Å². The summed E-state index contributed by atoms with van der Waals surface area (Å²) >= 11 is 0. The number of rotatable bonds is 5. The van der Waals surface area contributed by atoms with Gasteiger partial charge < -0.3 is 15.2 Å². The zero-order chi connectivity index (χ0) is 15.5. The molecule has 2 rings (SSSR count). The number of likely N-dealkylation sites (tertiary alicyclic amines) is 1. The lowest BCUT2D eigenvalue weighted by atomic mass is 10.1. The van der Waals surface area contributed by atoms with Gasteiger partial charge in [0.1, 0.15) is 6.04 Å². The first kappa shape index (κ1) is 15.8. The Labute approximate surface area is 127 Å². The molecule has 1 fully saturated rings. The molecule has 1 amide bonds. The van der Waals surface area contributed by atoms with Gasteiger partial charge in [-0.2, -0.15) is 5.26 Å². The number of hydrazine groups is 1. The van der Waals surface area contributed by atoms with Crippen molar-refractivity contribution in [1.29, 1.82) is 5.26 Å². The minimum absolute atomic E-state index is 0.0254. The molecule has 2 aliphatic heterocycles. The highest BCUT2D eigenvalue weighted by Crippen LogP contribution is 2.17. The summed E-state index contributed by atoms with van der Waals surface area (Å²) in [6.45, 7) is 6.89. The van der Waals surface area contributed by atoms with Gasteiger partial charge in [-0.15, -0.1) is 0 Å². The van der Waals surface area contributed by atoms with Gasteiger partial charge in [-0.05, 0) is 26.7 Å². The minimum atomic E-state index is -0.241. The Morgan fingerprint density at radius 1 is 1.52 bits per heavy atom. The van der Waals surface area contributed by atoms with Crippen molar-refractivity contribution in [1.82, 2.24) is 20.2 Å². The quantitative estimate of drug-likeness (QED) is 0.801. The van der Waals surface area contributed by atoms with E-state index in [-0.39, 0.29) is 24.0 Å². The molecule has 0 aliphatic carbocycles. The number of likely N-dealkylation sites (N-methyl/N-ethyl adjacent to an activating group) is 1. The van der Waals surface area contributed by atoms with E-state index < -0.39 is 0 Å². The number of nitriles is 1. The Bertz CT molecular complexity index is 453. The van der Waals surface area contributed by atoms with Gasteiger partial charge in [-0.3, -0.25) is 4.79 Å². The highest BCUT2D eigenvalue weighted by Gasteiger charge is 2.30. The van der Waals surface area contributed by atoms with Crippen molar-refractivity contribution in [3.8, 4) is 6.07 Å². The van der Waals surface area contributed by atoms with E-state index in [4.69, 9.17) is 5.26 Å². The first-order valence-corrected chi connectivity index (χ1v) is 7.51. The van der Waals surface area contributed by atoms with Gasteiger partial charge in [-0.25, -0.2) is 5.01 Å². The van der Waals surface area contributed by atoms with Gasteiger partial charge in [-0.1, -0.05) is 6.08 Å². The van der Waals surface area contributed by atoms with Gasteiger partial charge in [0.05, 0.1) is 19.2 Å². The molecular formula is C15H25N5O. The second-order valence-electron chi connectivity index (χ2n) is 6.43. The lowest BCUT2D eigenvalue weighted by Gasteiger charge is -2.35. The predicted octanol–water partition coefficient (Wildman–Crippen LogP) is 0.545. The maximum Gasteiger partial charge on any atom is 0.237 e. The fraction of sp³-hybridized carbons (Fsp3) is 0.733. The Kier molecular flexibility index (Phi) is 4.86. The highest BCUT2D eigenvalue weighted by atomic mass is 16.2. The van der Waals surface area contributed by atoms with Gasteiger partial charge >= 0.3 is 0 Å². The molecule has 6 heteroatoms. The van der Waals surface area contributed by atoms with Crippen LogP contribution in [0.1, 0.15) is 26.7 Å². The fourth-order valence-corrected chi connectivity index (χ4v) is 2.79. The predicted molar refractivity (Wildman–Crippen MR) is 80.9 cm³/mol. The monoisotopic (exact) mass is 291 g/mol. The van der Waals surface area contributed by atoms with Crippen molar-refractivity contribution >= 4 is 5.91 Å². The number of nitrogens with one attached hydrogen (secondary N) is 1. The molecule has 0 aromatic carbocycles. The van der Waals surface area contributed by atoms with Crippen LogP contribution in [0.5, 0.6) is 0 Å². The van der Waals surface area contributed by atoms with Crippen LogP contribution in [0, 0.1) is 11.3 Å². The number of amides is 1. The summed E-state index contributed by atoms with van der Waals surface area (Å²) in [7, 11) is 2.04. The minimum Gasteiger partial charge on any atom is -0.326 e. The van der Waals surface area contributed by atoms with E-state index in [0.29, 0.717) is 6.54 Å². The first-order valence-electron chi connectivity index (χ1n) is 7.51. The molecule has 21 heavy (non-hydrogen) atoms. The number of carbonyl (C=O) groups excluding carboxylic acids is 1. The van der Waals surface area contributed by atoms with Crippen molar-refractivity contribution in [3.63, 3.8) is 0 Å². The Balaban J connectivity index is 1.82. The Morgan fingerprint density at radius 3 is 2.90 bits per heavy atom. The summed E-state index contributed by atoms with van der Waals surface area (Å²) in [5.41, 5.74) is -0.180. The van der Waals surface area contributed by atoms with E-state index in [2.05, 4.69) is 47.5 Å². The molecule has 0 aromatic heterocycles. The maximum atomic E-state index is 12.2.